The number of rotatable bonds is 4. The lowest BCUT2D eigenvalue weighted by molar-refractivity contribution is -0.120. The van der Waals surface area contributed by atoms with Gasteiger partial charge in [0.25, 0.3) is 0 Å². The fourth-order valence-corrected chi connectivity index (χ4v) is 3.16. The van der Waals surface area contributed by atoms with Crippen molar-refractivity contribution in [1.29, 1.82) is 0 Å². The average Bonchev–Trinajstić information content (AvgIpc) is 3.07. The zero-order valence-electron chi connectivity index (χ0n) is 11.3. The van der Waals surface area contributed by atoms with E-state index in [-0.39, 0.29) is 17.9 Å². The molecule has 106 valence electrons. The van der Waals surface area contributed by atoms with Crippen LogP contribution in [0.15, 0.2) is 23.7 Å². The van der Waals surface area contributed by atoms with Crippen molar-refractivity contribution in [2.24, 2.45) is 5.92 Å². The van der Waals surface area contributed by atoms with Crippen molar-refractivity contribution in [3.63, 3.8) is 0 Å². The van der Waals surface area contributed by atoms with Crippen LogP contribution >= 0.6 is 11.3 Å². The summed E-state index contributed by atoms with van der Waals surface area (Å²) in [7, 11) is 0. The molecule has 2 atom stereocenters. The van der Waals surface area contributed by atoms with Gasteiger partial charge >= 0.3 is 0 Å². The number of aromatic nitrogens is 1. The van der Waals surface area contributed by atoms with Gasteiger partial charge in [-0.2, -0.15) is 0 Å². The van der Waals surface area contributed by atoms with Crippen molar-refractivity contribution in [3.8, 4) is 0 Å². The average molecular weight is 291 g/mol. The summed E-state index contributed by atoms with van der Waals surface area (Å²) in [5, 5.41) is 6.27. The molecule has 3 rings (SSSR count). The van der Waals surface area contributed by atoms with Crippen LogP contribution in [0.3, 0.4) is 0 Å². The number of nitrogens with zero attached hydrogens (tertiary/aromatic N) is 1. The van der Waals surface area contributed by atoms with Crippen molar-refractivity contribution in [1.82, 2.24) is 10.3 Å². The number of carbonyl (C=O) groups is 1. The largest absolute Gasteiger partial charge is 0.379 e. The van der Waals surface area contributed by atoms with Crippen LogP contribution in [0, 0.1) is 5.92 Å². The van der Waals surface area contributed by atoms with Crippen LogP contribution in [-0.4, -0.2) is 36.7 Å². The minimum atomic E-state index is -0.132. The Morgan fingerprint density at radius 2 is 2.40 bits per heavy atom. The van der Waals surface area contributed by atoms with Gasteiger partial charge in [-0.1, -0.05) is 6.92 Å². The molecule has 0 saturated carbocycles. The molecule has 1 aliphatic rings. The van der Waals surface area contributed by atoms with E-state index in [1.54, 1.807) is 11.3 Å². The molecule has 1 fully saturated rings. The van der Waals surface area contributed by atoms with Crippen molar-refractivity contribution in [3.05, 3.63) is 23.7 Å². The third kappa shape index (κ3) is 2.67. The smallest absolute Gasteiger partial charge is 0.231 e. The zero-order chi connectivity index (χ0) is 13.9. The van der Waals surface area contributed by atoms with Gasteiger partial charge in [-0.3, -0.25) is 4.79 Å². The molecule has 1 aromatic heterocycles. The summed E-state index contributed by atoms with van der Waals surface area (Å²) in [6, 6.07) is 5.88. The Labute approximate surface area is 121 Å². The number of ether oxygens (including phenoxy) is 1. The highest BCUT2D eigenvalue weighted by atomic mass is 32.1. The van der Waals surface area contributed by atoms with Crippen molar-refractivity contribution >= 4 is 33.1 Å². The summed E-state index contributed by atoms with van der Waals surface area (Å²) in [5.41, 5.74) is 3.58. The van der Waals surface area contributed by atoms with Gasteiger partial charge in [-0.05, 0) is 24.7 Å². The van der Waals surface area contributed by atoms with Crippen LogP contribution in [0.1, 0.15) is 6.92 Å². The van der Waals surface area contributed by atoms with Crippen LogP contribution in [-0.2, 0) is 9.53 Å². The highest BCUT2D eigenvalue weighted by molar-refractivity contribution is 7.16. The van der Waals surface area contributed by atoms with E-state index < -0.39 is 0 Å². The summed E-state index contributed by atoms with van der Waals surface area (Å²) >= 11 is 1.57. The van der Waals surface area contributed by atoms with Crippen LogP contribution < -0.4 is 10.6 Å². The fourth-order valence-electron chi connectivity index (χ4n) is 2.44. The minimum absolute atomic E-state index is 0.0114. The third-order valence-corrected chi connectivity index (χ3v) is 4.27. The molecular weight excluding hydrogens is 274 g/mol. The maximum atomic E-state index is 12.3. The Hall–Kier alpha value is -1.50. The Bertz CT molecular complexity index is 613. The van der Waals surface area contributed by atoms with Crippen LogP contribution in [0.5, 0.6) is 0 Å². The van der Waals surface area contributed by atoms with Gasteiger partial charge in [0, 0.05) is 11.7 Å². The standard InChI is InChI=1S/C14H17N3O2S/c1-2-15-12-7-19-6-10(12)14(18)17-9-3-4-11-13(5-9)20-8-16-11/h3-5,8,10,12,15H,2,6-7H2,1H3,(H,17,18). The van der Waals surface area contributed by atoms with Gasteiger partial charge in [-0.15, -0.1) is 11.3 Å². The molecule has 2 heterocycles. The highest BCUT2D eigenvalue weighted by Crippen LogP contribution is 2.23. The van der Waals surface area contributed by atoms with Gasteiger partial charge in [-0.25, -0.2) is 4.98 Å². The summed E-state index contributed by atoms with van der Waals surface area (Å²) in [5.74, 6) is -0.121. The molecule has 6 heteroatoms. The van der Waals surface area contributed by atoms with Crippen molar-refractivity contribution < 1.29 is 9.53 Å². The quantitative estimate of drug-likeness (QED) is 0.902. The van der Waals surface area contributed by atoms with E-state index in [4.69, 9.17) is 4.74 Å². The molecular formula is C14H17N3O2S. The highest BCUT2D eigenvalue weighted by Gasteiger charge is 2.33. The Balaban J connectivity index is 1.71. The van der Waals surface area contributed by atoms with E-state index in [0.717, 1.165) is 22.4 Å². The lowest BCUT2D eigenvalue weighted by atomic mass is 10.0. The minimum Gasteiger partial charge on any atom is -0.379 e. The molecule has 5 nitrogen and oxygen atoms in total. The Morgan fingerprint density at radius 1 is 1.50 bits per heavy atom. The molecule has 0 radical (unpaired) electrons. The van der Waals surface area contributed by atoms with Crippen LogP contribution in [0.25, 0.3) is 10.2 Å². The monoisotopic (exact) mass is 291 g/mol. The molecule has 1 aromatic carbocycles. The molecule has 0 bridgehead atoms. The van der Waals surface area contributed by atoms with E-state index in [9.17, 15) is 4.79 Å². The van der Waals surface area contributed by atoms with Crippen molar-refractivity contribution in [2.75, 3.05) is 25.1 Å². The number of benzene rings is 1. The maximum absolute atomic E-state index is 12.3. The molecule has 1 amide bonds. The summed E-state index contributed by atoms with van der Waals surface area (Å²) < 4.78 is 6.49. The second kappa shape index (κ2) is 5.87. The SMILES string of the molecule is CCNC1COCC1C(=O)Nc1ccc2ncsc2c1. The lowest BCUT2D eigenvalue weighted by Crippen LogP contribution is -2.41. The van der Waals surface area contributed by atoms with E-state index in [0.29, 0.717) is 13.2 Å². The van der Waals surface area contributed by atoms with E-state index in [2.05, 4.69) is 15.6 Å². The topological polar surface area (TPSA) is 63.2 Å². The zero-order valence-corrected chi connectivity index (χ0v) is 12.1. The predicted molar refractivity (Wildman–Crippen MR) is 80.0 cm³/mol. The number of carbonyl (C=O) groups excluding carboxylic acids is 1. The fraction of sp³-hybridized carbons (Fsp3) is 0.429. The van der Waals surface area contributed by atoms with E-state index >= 15 is 0 Å². The number of hydrogen-bond donors (Lipinski definition) is 2. The molecule has 1 aliphatic heterocycles. The normalized spacial score (nSPS) is 22.2. The van der Waals surface area contributed by atoms with E-state index in [1.807, 2.05) is 30.6 Å². The Kier molecular flexibility index (Phi) is 3.95. The molecule has 0 aliphatic carbocycles. The number of hydrogen-bond acceptors (Lipinski definition) is 5. The molecule has 20 heavy (non-hydrogen) atoms. The third-order valence-electron chi connectivity index (χ3n) is 3.48. The number of thiazole rings is 1. The van der Waals surface area contributed by atoms with Crippen molar-refractivity contribution in [2.45, 2.75) is 13.0 Å². The predicted octanol–water partition coefficient (Wildman–Crippen LogP) is 1.86. The lowest BCUT2D eigenvalue weighted by Gasteiger charge is -2.17. The van der Waals surface area contributed by atoms with Crippen LogP contribution in [0.4, 0.5) is 5.69 Å². The maximum Gasteiger partial charge on any atom is 0.231 e. The van der Waals surface area contributed by atoms with Gasteiger partial charge in [0.15, 0.2) is 0 Å². The summed E-state index contributed by atoms with van der Waals surface area (Å²) in [6.45, 7) is 3.95. The second-order valence-corrected chi connectivity index (χ2v) is 5.72. The Morgan fingerprint density at radius 3 is 3.25 bits per heavy atom. The molecule has 2 N–H and O–H groups in total. The summed E-state index contributed by atoms with van der Waals surface area (Å²) in [6.07, 6.45) is 0. The number of fused-ring (bicyclic) bond motifs is 1. The first-order valence-corrected chi connectivity index (χ1v) is 7.61. The van der Waals surface area contributed by atoms with Gasteiger partial charge in [0.2, 0.25) is 5.91 Å². The first-order chi connectivity index (χ1) is 9.78. The van der Waals surface area contributed by atoms with Gasteiger partial charge in [0.1, 0.15) is 0 Å². The number of amides is 1. The number of anilines is 1. The van der Waals surface area contributed by atoms with Gasteiger partial charge < -0.3 is 15.4 Å². The summed E-state index contributed by atoms with van der Waals surface area (Å²) in [4.78, 5) is 16.6. The molecule has 2 unspecified atom stereocenters. The van der Waals surface area contributed by atoms with E-state index in [1.165, 1.54) is 0 Å². The number of nitrogens with one attached hydrogen (secondary N) is 2. The number of likely N-dealkylation sites (N-methyl/N-ethyl adjacent to an activating group) is 1. The van der Waals surface area contributed by atoms with Crippen LogP contribution in [0.2, 0.25) is 0 Å². The molecule has 2 aromatic rings. The first-order valence-electron chi connectivity index (χ1n) is 6.73. The molecule has 1 saturated heterocycles. The first kappa shape index (κ1) is 13.5. The molecule has 0 spiro atoms. The second-order valence-electron chi connectivity index (χ2n) is 4.83. The van der Waals surface area contributed by atoms with Gasteiger partial charge in [0.05, 0.1) is 34.9 Å².